The molecule has 0 amide bonds. The number of hydrogen-bond donors (Lipinski definition) is 0. The topological polar surface area (TPSA) is 36.9 Å². The second kappa shape index (κ2) is 7.16. The minimum atomic E-state index is 0.284. The van der Waals surface area contributed by atoms with Gasteiger partial charge in [0.15, 0.2) is 0 Å². The number of rotatable bonds is 8. The lowest BCUT2D eigenvalue weighted by Crippen LogP contribution is -2.44. The van der Waals surface area contributed by atoms with E-state index in [1.165, 1.54) is 25.7 Å². The van der Waals surface area contributed by atoms with E-state index in [-0.39, 0.29) is 10.8 Å². The van der Waals surface area contributed by atoms with E-state index in [4.69, 9.17) is 18.9 Å². The average molecular weight is 312 g/mol. The van der Waals surface area contributed by atoms with Gasteiger partial charge in [-0.15, -0.1) is 0 Å². The predicted octanol–water partition coefficient (Wildman–Crippen LogP) is 2.90. The van der Waals surface area contributed by atoms with E-state index in [0.29, 0.717) is 0 Å². The highest BCUT2D eigenvalue weighted by molar-refractivity contribution is 4.81. The maximum atomic E-state index is 5.94. The van der Waals surface area contributed by atoms with Crippen molar-refractivity contribution in [2.75, 3.05) is 52.9 Å². The summed E-state index contributed by atoms with van der Waals surface area (Å²) in [6.45, 7) is 11.5. The van der Waals surface area contributed by atoms with Gasteiger partial charge in [-0.3, -0.25) is 0 Å². The Balaban J connectivity index is 1.23. The van der Waals surface area contributed by atoms with Crippen LogP contribution in [0.3, 0.4) is 0 Å². The monoisotopic (exact) mass is 312 g/mol. The summed E-state index contributed by atoms with van der Waals surface area (Å²) in [6.07, 6.45) is 5.17. The Kier molecular flexibility index (Phi) is 5.43. The van der Waals surface area contributed by atoms with Gasteiger partial charge in [-0.1, -0.05) is 13.8 Å². The van der Waals surface area contributed by atoms with Crippen molar-refractivity contribution in [3.8, 4) is 0 Å². The highest BCUT2D eigenvalue weighted by Gasteiger charge is 2.35. The highest BCUT2D eigenvalue weighted by Crippen LogP contribution is 2.32. The normalized spacial score (nSPS) is 33.0. The van der Waals surface area contributed by atoms with Crippen LogP contribution in [-0.2, 0) is 18.9 Å². The smallest absolute Gasteiger partial charge is 0.0564 e. The third kappa shape index (κ3) is 4.44. The van der Waals surface area contributed by atoms with E-state index in [9.17, 15) is 0 Å². The predicted molar refractivity (Wildman–Crippen MR) is 84.9 cm³/mol. The summed E-state index contributed by atoms with van der Waals surface area (Å²) < 4.78 is 22.4. The van der Waals surface area contributed by atoms with Gasteiger partial charge in [0.25, 0.3) is 0 Å². The highest BCUT2D eigenvalue weighted by atomic mass is 16.5. The van der Waals surface area contributed by atoms with Crippen LogP contribution in [0.4, 0.5) is 0 Å². The van der Waals surface area contributed by atoms with Gasteiger partial charge >= 0.3 is 0 Å². The summed E-state index contributed by atoms with van der Waals surface area (Å²) in [4.78, 5) is 0. The third-order valence-electron chi connectivity index (χ3n) is 5.38. The molecule has 0 aromatic rings. The third-order valence-corrected chi connectivity index (χ3v) is 5.38. The van der Waals surface area contributed by atoms with Crippen LogP contribution in [0.15, 0.2) is 0 Å². The van der Waals surface area contributed by atoms with Crippen LogP contribution in [0.5, 0.6) is 0 Å². The molecular formula is C18H32O4. The summed E-state index contributed by atoms with van der Waals surface area (Å²) in [5, 5.41) is 0. The second-order valence-corrected chi connectivity index (χ2v) is 8.52. The van der Waals surface area contributed by atoms with Crippen LogP contribution in [0, 0.1) is 22.7 Å². The van der Waals surface area contributed by atoms with Crippen LogP contribution in [0.2, 0.25) is 0 Å². The maximum Gasteiger partial charge on any atom is 0.0564 e. The molecule has 128 valence electrons. The molecule has 0 aromatic heterocycles. The van der Waals surface area contributed by atoms with Crippen molar-refractivity contribution in [2.24, 2.45) is 22.7 Å². The minimum absolute atomic E-state index is 0.284. The first-order valence-corrected chi connectivity index (χ1v) is 8.88. The summed E-state index contributed by atoms with van der Waals surface area (Å²) in [7, 11) is 0. The summed E-state index contributed by atoms with van der Waals surface area (Å²) >= 11 is 0. The van der Waals surface area contributed by atoms with Crippen molar-refractivity contribution in [3.05, 3.63) is 0 Å². The maximum absolute atomic E-state index is 5.94. The molecule has 0 atom stereocenters. The zero-order valence-corrected chi connectivity index (χ0v) is 14.3. The first-order valence-electron chi connectivity index (χ1n) is 8.88. The fourth-order valence-electron chi connectivity index (χ4n) is 3.58. The van der Waals surface area contributed by atoms with Crippen LogP contribution >= 0.6 is 0 Å². The Bertz CT molecular complexity index is 307. The molecule has 0 aromatic carbocycles. The average Bonchev–Trinajstić information content (AvgIpc) is 2.45. The molecule has 3 aliphatic rings. The zero-order valence-electron chi connectivity index (χ0n) is 14.3. The first-order chi connectivity index (χ1) is 10.6. The van der Waals surface area contributed by atoms with Crippen molar-refractivity contribution in [1.82, 2.24) is 0 Å². The molecule has 0 unspecified atom stereocenters. The molecule has 4 nitrogen and oxygen atoms in total. The Morgan fingerprint density at radius 1 is 0.727 bits per heavy atom. The van der Waals surface area contributed by atoms with E-state index in [2.05, 4.69) is 13.8 Å². The fourth-order valence-corrected chi connectivity index (χ4v) is 3.58. The molecule has 0 radical (unpaired) electrons. The lowest BCUT2D eigenvalue weighted by molar-refractivity contribution is -0.144. The molecular weight excluding hydrogens is 280 g/mol. The molecule has 0 N–H and O–H groups in total. The van der Waals surface area contributed by atoms with Crippen molar-refractivity contribution >= 4 is 0 Å². The minimum Gasteiger partial charge on any atom is -0.380 e. The van der Waals surface area contributed by atoms with Gasteiger partial charge in [-0.25, -0.2) is 0 Å². The van der Waals surface area contributed by atoms with E-state index in [1.54, 1.807) is 0 Å². The first kappa shape index (κ1) is 16.7. The van der Waals surface area contributed by atoms with Gasteiger partial charge in [-0.2, -0.15) is 0 Å². The van der Waals surface area contributed by atoms with Crippen LogP contribution < -0.4 is 0 Å². The Hall–Kier alpha value is -0.160. The van der Waals surface area contributed by atoms with Gasteiger partial charge in [0.05, 0.1) is 39.6 Å². The zero-order chi connectivity index (χ0) is 15.5. The molecule has 1 saturated carbocycles. The molecule has 2 aliphatic heterocycles. The number of ether oxygens (including phenoxy) is 4. The van der Waals surface area contributed by atoms with E-state index in [1.807, 2.05) is 0 Å². The van der Waals surface area contributed by atoms with Crippen LogP contribution in [-0.4, -0.2) is 52.9 Å². The quantitative estimate of drug-likeness (QED) is 0.690. The van der Waals surface area contributed by atoms with Crippen LogP contribution in [0.25, 0.3) is 0 Å². The number of hydrogen-bond acceptors (Lipinski definition) is 4. The molecule has 3 rings (SSSR count). The van der Waals surface area contributed by atoms with Crippen LogP contribution in [0.1, 0.15) is 39.5 Å². The molecule has 0 spiro atoms. The van der Waals surface area contributed by atoms with E-state index < -0.39 is 0 Å². The largest absolute Gasteiger partial charge is 0.380 e. The molecule has 3 fully saturated rings. The molecule has 2 saturated heterocycles. The van der Waals surface area contributed by atoms with E-state index >= 15 is 0 Å². The van der Waals surface area contributed by atoms with E-state index in [0.717, 1.165) is 64.7 Å². The van der Waals surface area contributed by atoms with Gasteiger partial charge in [0, 0.05) is 24.0 Å². The van der Waals surface area contributed by atoms with Gasteiger partial charge in [-0.05, 0) is 37.5 Å². The van der Waals surface area contributed by atoms with Crippen molar-refractivity contribution < 1.29 is 18.9 Å². The molecule has 22 heavy (non-hydrogen) atoms. The summed E-state index contributed by atoms with van der Waals surface area (Å²) in [5.74, 6) is 1.50. The second-order valence-electron chi connectivity index (χ2n) is 8.52. The summed E-state index contributed by atoms with van der Waals surface area (Å²) in [6, 6.07) is 0. The van der Waals surface area contributed by atoms with Gasteiger partial charge < -0.3 is 18.9 Å². The lowest BCUT2D eigenvalue weighted by atomic mass is 9.82. The SMILES string of the molecule is CC1(COCC2CCC(COCC3(C)COC3)CC2)COC1. The Labute approximate surface area is 134 Å². The molecule has 2 heterocycles. The lowest BCUT2D eigenvalue weighted by Gasteiger charge is -2.39. The van der Waals surface area contributed by atoms with Crippen molar-refractivity contribution in [2.45, 2.75) is 39.5 Å². The Morgan fingerprint density at radius 3 is 1.36 bits per heavy atom. The van der Waals surface area contributed by atoms with Gasteiger partial charge in [0.2, 0.25) is 0 Å². The summed E-state index contributed by atoms with van der Waals surface area (Å²) in [5.41, 5.74) is 0.568. The molecule has 0 bridgehead atoms. The molecule has 4 heteroatoms. The Morgan fingerprint density at radius 2 is 1.09 bits per heavy atom. The molecule has 1 aliphatic carbocycles. The van der Waals surface area contributed by atoms with Crippen molar-refractivity contribution in [1.29, 1.82) is 0 Å². The van der Waals surface area contributed by atoms with Crippen molar-refractivity contribution in [3.63, 3.8) is 0 Å². The standard InChI is InChI=1S/C18H32O4/c1-17(11-21-12-17)9-19-7-15-3-5-16(6-4-15)8-20-10-18(2)13-22-14-18/h15-16H,3-14H2,1-2H3. The van der Waals surface area contributed by atoms with Gasteiger partial charge in [0.1, 0.15) is 0 Å². The fraction of sp³-hybridized carbons (Fsp3) is 1.00.